The Morgan fingerprint density at radius 2 is 2.00 bits per heavy atom. The monoisotopic (exact) mass is 492 g/mol. The van der Waals surface area contributed by atoms with Crippen LogP contribution in [0.1, 0.15) is 42.5 Å². The third-order valence-corrected chi connectivity index (χ3v) is 7.13. The van der Waals surface area contributed by atoms with Crippen molar-refractivity contribution in [2.24, 2.45) is 17.6 Å². The van der Waals surface area contributed by atoms with E-state index in [2.05, 4.69) is 25.3 Å². The van der Waals surface area contributed by atoms with E-state index in [9.17, 15) is 23.1 Å². The van der Waals surface area contributed by atoms with E-state index in [-0.39, 0.29) is 23.6 Å². The number of carbonyl (C=O) groups excluding carboxylic acids is 1. The van der Waals surface area contributed by atoms with Gasteiger partial charge in [-0.25, -0.2) is 19.9 Å². The van der Waals surface area contributed by atoms with Crippen molar-refractivity contribution in [2.45, 2.75) is 44.9 Å². The highest BCUT2D eigenvalue weighted by atomic mass is 32.1. The Bertz CT molecular complexity index is 1220. The molecule has 0 radical (unpaired) electrons. The highest BCUT2D eigenvalue weighted by molar-refractivity contribution is 7.15. The van der Waals surface area contributed by atoms with Crippen molar-refractivity contribution in [1.82, 2.24) is 19.9 Å². The zero-order chi connectivity index (χ0) is 24.7. The summed E-state index contributed by atoms with van der Waals surface area (Å²) in [4.78, 5) is 28.3. The second-order valence-corrected chi connectivity index (χ2v) is 9.65. The van der Waals surface area contributed by atoms with E-state index >= 15 is 0 Å². The van der Waals surface area contributed by atoms with Gasteiger partial charge in [0.2, 0.25) is 5.91 Å². The molecule has 180 valence electrons. The zero-order valence-corrected chi connectivity index (χ0v) is 19.2. The maximum absolute atomic E-state index is 12.9. The molecule has 1 fully saturated rings. The lowest BCUT2D eigenvalue weighted by Crippen LogP contribution is -2.40. The molecule has 3 aromatic rings. The molecule has 0 aromatic carbocycles. The molecule has 1 aliphatic rings. The summed E-state index contributed by atoms with van der Waals surface area (Å²) < 4.78 is 38.8. The van der Waals surface area contributed by atoms with Crippen LogP contribution in [0, 0.1) is 18.8 Å². The first-order valence-corrected chi connectivity index (χ1v) is 11.4. The summed E-state index contributed by atoms with van der Waals surface area (Å²) in [7, 11) is 0. The molecule has 3 heterocycles. The van der Waals surface area contributed by atoms with E-state index in [0.717, 1.165) is 18.0 Å². The number of aryl methyl sites for hydroxylation is 1. The molecular formula is C22H23F3N6O2S. The van der Waals surface area contributed by atoms with E-state index in [1.54, 1.807) is 12.3 Å². The molecule has 0 spiro atoms. The number of rotatable bonds is 5. The summed E-state index contributed by atoms with van der Waals surface area (Å²) in [6.45, 7) is 3.73. The molecule has 4 N–H and O–H groups in total. The number of aromatic nitrogens is 4. The molecule has 34 heavy (non-hydrogen) atoms. The van der Waals surface area contributed by atoms with E-state index in [1.807, 2.05) is 19.9 Å². The van der Waals surface area contributed by atoms with E-state index in [4.69, 9.17) is 5.73 Å². The van der Waals surface area contributed by atoms with Gasteiger partial charge in [0.25, 0.3) is 0 Å². The van der Waals surface area contributed by atoms with Crippen molar-refractivity contribution in [3.05, 3.63) is 47.0 Å². The molecule has 4 rings (SSSR count). The number of pyridine rings is 1. The average Bonchev–Trinajstić information content (AvgIpc) is 3.24. The van der Waals surface area contributed by atoms with Gasteiger partial charge in [-0.1, -0.05) is 6.92 Å². The van der Waals surface area contributed by atoms with Crippen molar-refractivity contribution < 1.29 is 23.1 Å². The molecule has 12 heteroatoms. The summed E-state index contributed by atoms with van der Waals surface area (Å²) in [5.74, 6) is -0.432. The Hall–Kier alpha value is -3.12. The number of nitrogens with zero attached hydrogens (tertiary/aromatic N) is 4. The Morgan fingerprint density at radius 3 is 2.68 bits per heavy atom. The van der Waals surface area contributed by atoms with E-state index < -0.39 is 17.5 Å². The quantitative estimate of drug-likeness (QED) is 0.488. The lowest BCUT2D eigenvalue weighted by molar-refractivity contribution is -0.141. The third-order valence-electron chi connectivity index (χ3n) is 5.92. The largest absolute Gasteiger partial charge is 0.433 e. The highest BCUT2D eigenvalue weighted by Gasteiger charge is 2.42. The van der Waals surface area contributed by atoms with Crippen LogP contribution in [0.15, 0.2) is 30.7 Å². The van der Waals surface area contributed by atoms with Crippen molar-refractivity contribution in [1.29, 1.82) is 0 Å². The number of carbonyl (C=O) groups is 1. The molecule has 0 aliphatic heterocycles. The number of halogens is 3. The van der Waals surface area contributed by atoms with Crippen LogP contribution >= 0.6 is 11.3 Å². The predicted octanol–water partition coefficient (Wildman–Crippen LogP) is 4.18. The van der Waals surface area contributed by atoms with Crippen LogP contribution in [-0.2, 0) is 16.6 Å². The predicted molar refractivity (Wildman–Crippen MR) is 120 cm³/mol. The summed E-state index contributed by atoms with van der Waals surface area (Å²) in [5, 5.41) is 14.5. The van der Waals surface area contributed by atoms with Gasteiger partial charge in [0, 0.05) is 18.2 Å². The topological polar surface area (TPSA) is 127 Å². The van der Waals surface area contributed by atoms with Gasteiger partial charge in [-0.2, -0.15) is 13.2 Å². The van der Waals surface area contributed by atoms with Gasteiger partial charge in [-0.05, 0) is 49.8 Å². The summed E-state index contributed by atoms with van der Waals surface area (Å²) in [6, 6.07) is 4.31. The number of nitrogens with one attached hydrogen (secondary N) is 1. The number of alkyl halides is 3. The first kappa shape index (κ1) is 24.0. The molecule has 8 nitrogen and oxygen atoms in total. The van der Waals surface area contributed by atoms with Crippen LogP contribution in [-0.4, -0.2) is 30.9 Å². The highest BCUT2D eigenvalue weighted by Crippen LogP contribution is 2.45. The molecule has 1 amide bonds. The summed E-state index contributed by atoms with van der Waals surface area (Å²) in [5.41, 5.74) is 4.63. The minimum atomic E-state index is -4.59. The Labute approximate surface area is 197 Å². The van der Waals surface area contributed by atoms with Crippen molar-refractivity contribution >= 4 is 28.9 Å². The Balaban J connectivity index is 1.57. The van der Waals surface area contributed by atoms with Crippen molar-refractivity contribution in [3.63, 3.8) is 0 Å². The first-order chi connectivity index (χ1) is 15.9. The second-order valence-electron chi connectivity index (χ2n) is 8.62. The lowest BCUT2D eigenvalue weighted by Gasteiger charge is -2.37. The van der Waals surface area contributed by atoms with E-state index in [1.165, 1.54) is 11.3 Å². The number of aliphatic hydroxyl groups is 1. The first-order valence-electron chi connectivity index (χ1n) is 10.6. The van der Waals surface area contributed by atoms with Gasteiger partial charge in [0.1, 0.15) is 34.3 Å². The zero-order valence-electron chi connectivity index (χ0n) is 18.4. The molecule has 0 bridgehead atoms. The van der Waals surface area contributed by atoms with Gasteiger partial charge < -0.3 is 16.2 Å². The van der Waals surface area contributed by atoms with Gasteiger partial charge in [-0.3, -0.25) is 4.79 Å². The fraction of sp³-hybridized carbons (Fsp3) is 0.409. The smallest absolute Gasteiger partial charge is 0.383 e. The van der Waals surface area contributed by atoms with Crippen LogP contribution in [0.2, 0.25) is 0 Å². The number of nitrogens with two attached hydrogens (primary N) is 1. The molecule has 0 saturated heterocycles. The summed E-state index contributed by atoms with van der Waals surface area (Å²) in [6.07, 6.45) is -0.902. The molecule has 1 saturated carbocycles. The van der Waals surface area contributed by atoms with Crippen LogP contribution in [0.4, 0.5) is 24.8 Å². The van der Waals surface area contributed by atoms with Gasteiger partial charge >= 0.3 is 6.18 Å². The molecular weight excluding hydrogens is 469 g/mol. The van der Waals surface area contributed by atoms with Gasteiger partial charge in [0.15, 0.2) is 0 Å². The van der Waals surface area contributed by atoms with Gasteiger partial charge in [0.05, 0.1) is 10.6 Å². The van der Waals surface area contributed by atoms with Crippen molar-refractivity contribution in [2.75, 3.05) is 5.32 Å². The standard InChI is InChI=1S/C22H23F3N6O2S/c1-11-5-14(30-18(6-11)31-17-7-16(22(23,24)25)28-10-29-17)15-9-27-20(34-15)21(33)4-3-13(19(26)32)12(2)8-21/h5-7,9-10,12-13,33H,3-4,8H2,1-2H3,(H2,26,32)(H,28,29,30,31)/t12-,13?,21-/m1/s1. The molecule has 1 aliphatic carbocycles. The lowest BCUT2D eigenvalue weighted by atomic mass is 9.72. The van der Waals surface area contributed by atoms with Crippen LogP contribution in [0.5, 0.6) is 0 Å². The van der Waals surface area contributed by atoms with E-state index in [0.29, 0.717) is 40.7 Å². The fourth-order valence-electron chi connectivity index (χ4n) is 4.25. The maximum Gasteiger partial charge on any atom is 0.433 e. The normalized spacial score (nSPS) is 23.0. The third kappa shape index (κ3) is 5.02. The average molecular weight is 493 g/mol. The Kier molecular flexibility index (Phi) is 6.30. The minimum Gasteiger partial charge on any atom is -0.383 e. The number of anilines is 2. The second kappa shape index (κ2) is 8.91. The molecule has 3 aromatic heterocycles. The van der Waals surface area contributed by atoms with Crippen LogP contribution < -0.4 is 11.1 Å². The van der Waals surface area contributed by atoms with Crippen LogP contribution in [0.25, 0.3) is 10.6 Å². The van der Waals surface area contributed by atoms with Crippen molar-refractivity contribution in [3.8, 4) is 10.6 Å². The molecule has 1 unspecified atom stereocenters. The number of amides is 1. The van der Waals surface area contributed by atoms with Gasteiger partial charge in [-0.15, -0.1) is 11.3 Å². The number of hydrogen-bond donors (Lipinski definition) is 3. The number of hydrogen-bond acceptors (Lipinski definition) is 8. The van der Waals surface area contributed by atoms with Crippen LogP contribution in [0.3, 0.4) is 0 Å². The Morgan fingerprint density at radius 1 is 1.24 bits per heavy atom. The fourth-order valence-corrected chi connectivity index (χ4v) is 5.25. The summed E-state index contributed by atoms with van der Waals surface area (Å²) >= 11 is 1.29. The SMILES string of the molecule is Cc1cc(Nc2cc(C(F)(F)F)ncn2)nc(-c2cnc([C@@]3(O)CCC(C(N)=O)[C@H](C)C3)s2)c1. The number of thiazole rings is 1. The maximum atomic E-state index is 12.9. The number of primary amides is 1. The molecule has 3 atom stereocenters. The minimum absolute atomic E-state index is 0.0362.